The monoisotopic (exact) mass is 393 g/mol. The molecule has 0 saturated heterocycles. The van der Waals surface area contributed by atoms with E-state index in [9.17, 15) is 14.0 Å². The molecule has 0 saturated carbocycles. The first-order valence-corrected chi connectivity index (χ1v) is 9.10. The predicted molar refractivity (Wildman–Crippen MR) is 107 cm³/mol. The van der Waals surface area contributed by atoms with Crippen molar-refractivity contribution in [3.05, 3.63) is 83.8 Å². The molecule has 3 rings (SSSR count). The number of carbonyl (C=O) groups excluding carboxylic acids is 2. The number of nitrogens with one attached hydrogen (secondary N) is 2. The summed E-state index contributed by atoms with van der Waals surface area (Å²) in [6.07, 6.45) is 1.96. The number of benzene rings is 2. The standard InChI is InChI=1S/C22H20FN3O3/c1-2-20(27)26-18-5-3-4-16(12-18)22(28)25-14-15-6-11-21(24-13-15)29-19-9-7-17(23)8-10-19/h3-13H,2,14H2,1H3,(H,25,28)(H,26,27). The quantitative estimate of drug-likeness (QED) is 0.627. The molecule has 0 spiro atoms. The summed E-state index contributed by atoms with van der Waals surface area (Å²) in [6, 6.07) is 15.8. The van der Waals surface area contributed by atoms with Crippen molar-refractivity contribution in [3.8, 4) is 11.6 Å². The van der Waals surface area contributed by atoms with Crippen LogP contribution in [0.3, 0.4) is 0 Å². The van der Waals surface area contributed by atoms with Gasteiger partial charge < -0.3 is 15.4 Å². The number of aromatic nitrogens is 1. The van der Waals surface area contributed by atoms with E-state index < -0.39 is 0 Å². The number of hydrogen-bond donors (Lipinski definition) is 2. The number of rotatable bonds is 7. The molecular formula is C22H20FN3O3. The first kappa shape index (κ1) is 20.0. The van der Waals surface area contributed by atoms with Crippen molar-refractivity contribution in [2.24, 2.45) is 0 Å². The predicted octanol–water partition coefficient (Wildman–Crippen LogP) is 4.29. The molecule has 1 aromatic heterocycles. The number of ether oxygens (including phenoxy) is 1. The van der Waals surface area contributed by atoms with E-state index in [2.05, 4.69) is 15.6 Å². The van der Waals surface area contributed by atoms with E-state index in [0.29, 0.717) is 29.3 Å². The largest absolute Gasteiger partial charge is 0.439 e. The molecule has 0 aliphatic heterocycles. The SMILES string of the molecule is CCC(=O)Nc1cccc(C(=O)NCc2ccc(Oc3ccc(F)cc3)nc2)c1. The van der Waals surface area contributed by atoms with E-state index in [0.717, 1.165) is 5.56 Å². The Morgan fingerprint density at radius 3 is 2.55 bits per heavy atom. The second kappa shape index (κ2) is 9.45. The minimum absolute atomic E-state index is 0.114. The van der Waals surface area contributed by atoms with Gasteiger partial charge >= 0.3 is 0 Å². The Morgan fingerprint density at radius 2 is 1.86 bits per heavy atom. The second-order valence-electron chi connectivity index (χ2n) is 6.23. The molecule has 1 heterocycles. The van der Waals surface area contributed by atoms with Crippen molar-refractivity contribution in [2.75, 3.05) is 5.32 Å². The third-order valence-corrected chi connectivity index (χ3v) is 4.02. The van der Waals surface area contributed by atoms with Crippen LogP contribution in [0.25, 0.3) is 0 Å². The Labute approximate surface area is 167 Å². The van der Waals surface area contributed by atoms with Crippen LogP contribution in [0.2, 0.25) is 0 Å². The smallest absolute Gasteiger partial charge is 0.251 e. The van der Waals surface area contributed by atoms with E-state index >= 15 is 0 Å². The normalized spacial score (nSPS) is 10.3. The summed E-state index contributed by atoms with van der Waals surface area (Å²) in [7, 11) is 0. The van der Waals surface area contributed by atoms with Crippen molar-refractivity contribution in [1.82, 2.24) is 10.3 Å². The highest BCUT2D eigenvalue weighted by atomic mass is 19.1. The zero-order valence-electron chi connectivity index (χ0n) is 15.8. The number of nitrogens with zero attached hydrogens (tertiary/aromatic N) is 1. The summed E-state index contributed by atoms with van der Waals surface area (Å²) in [5, 5.41) is 5.54. The molecule has 2 amide bonds. The van der Waals surface area contributed by atoms with Crippen LogP contribution in [-0.2, 0) is 11.3 Å². The molecule has 29 heavy (non-hydrogen) atoms. The average Bonchev–Trinajstić information content (AvgIpc) is 2.74. The van der Waals surface area contributed by atoms with Gasteiger partial charge in [-0.25, -0.2) is 9.37 Å². The number of halogens is 1. The molecule has 0 bridgehead atoms. The third-order valence-electron chi connectivity index (χ3n) is 4.02. The maximum atomic E-state index is 12.9. The lowest BCUT2D eigenvalue weighted by atomic mass is 10.1. The summed E-state index contributed by atoms with van der Waals surface area (Å²) in [4.78, 5) is 28.0. The Bertz CT molecular complexity index is 989. The van der Waals surface area contributed by atoms with Crippen LogP contribution >= 0.6 is 0 Å². The van der Waals surface area contributed by atoms with Crippen LogP contribution in [0, 0.1) is 5.82 Å². The summed E-state index contributed by atoms with van der Waals surface area (Å²) in [5.74, 6) is 0.136. The number of amides is 2. The van der Waals surface area contributed by atoms with Crippen LogP contribution in [0.4, 0.5) is 10.1 Å². The van der Waals surface area contributed by atoms with Gasteiger partial charge in [-0.1, -0.05) is 19.1 Å². The van der Waals surface area contributed by atoms with Crippen molar-refractivity contribution in [1.29, 1.82) is 0 Å². The van der Waals surface area contributed by atoms with E-state index in [1.807, 2.05) is 0 Å². The first-order valence-electron chi connectivity index (χ1n) is 9.10. The third kappa shape index (κ3) is 5.87. The summed E-state index contributed by atoms with van der Waals surface area (Å²) >= 11 is 0. The van der Waals surface area contributed by atoms with Gasteiger partial charge in [0.1, 0.15) is 11.6 Å². The van der Waals surface area contributed by atoms with Crippen LogP contribution in [0.15, 0.2) is 66.9 Å². The minimum atomic E-state index is -0.338. The molecule has 7 heteroatoms. The van der Waals surface area contributed by atoms with E-state index in [1.54, 1.807) is 49.5 Å². The Morgan fingerprint density at radius 1 is 1.07 bits per heavy atom. The highest BCUT2D eigenvalue weighted by Crippen LogP contribution is 2.19. The van der Waals surface area contributed by atoms with Crippen LogP contribution in [-0.4, -0.2) is 16.8 Å². The first-order chi connectivity index (χ1) is 14.0. The summed E-state index contributed by atoms with van der Waals surface area (Å²) < 4.78 is 18.5. The van der Waals surface area contributed by atoms with Gasteiger partial charge in [-0.3, -0.25) is 9.59 Å². The molecule has 6 nitrogen and oxygen atoms in total. The van der Waals surface area contributed by atoms with Gasteiger partial charge in [0.15, 0.2) is 0 Å². The molecule has 0 unspecified atom stereocenters. The molecule has 0 aliphatic carbocycles. The molecule has 0 fully saturated rings. The summed E-state index contributed by atoms with van der Waals surface area (Å²) in [6.45, 7) is 2.05. The van der Waals surface area contributed by atoms with Crippen LogP contribution < -0.4 is 15.4 Å². The molecule has 2 aromatic carbocycles. The van der Waals surface area contributed by atoms with E-state index in [4.69, 9.17) is 4.74 Å². The molecule has 148 valence electrons. The van der Waals surface area contributed by atoms with Crippen molar-refractivity contribution >= 4 is 17.5 Å². The van der Waals surface area contributed by atoms with Gasteiger partial charge in [0, 0.05) is 36.5 Å². The van der Waals surface area contributed by atoms with Gasteiger partial charge in [0.2, 0.25) is 11.8 Å². The number of anilines is 1. The lowest BCUT2D eigenvalue weighted by molar-refractivity contribution is -0.115. The van der Waals surface area contributed by atoms with Gasteiger partial charge in [0.05, 0.1) is 0 Å². The number of pyridine rings is 1. The van der Waals surface area contributed by atoms with Crippen LogP contribution in [0.1, 0.15) is 29.3 Å². The number of carbonyl (C=O) groups is 2. The van der Waals surface area contributed by atoms with Crippen molar-refractivity contribution in [2.45, 2.75) is 19.9 Å². The van der Waals surface area contributed by atoms with Gasteiger partial charge in [0.25, 0.3) is 5.91 Å². The minimum Gasteiger partial charge on any atom is -0.439 e. The van der Waals surface area contributed by atoms with E-state index in [1.165, 1.54) is 24.3 Å². The van der Waals surface area contributed by atoms with Gasteiger partial charge in [-0.2, -0.15) is 0 Å². The van der Waals surface area contributed by atoms with Crippen molar-refractivity contribution < 1.29 is 18.7 Å². The van der Waals surface area contributed by atoms with Gasteiger partial charge in [-0.15, -0.1) is 0 Å². The maximum Gasteiger partial charge on any atom is 0.251 e. The Hall–Kier alpha value is -3.74. The maximum absolute atomic E-state index is 12.9. The molecular weight excluding hydrogens is 373 g/mol. The van der Waals surface area contributed by atoms with E-state index in [-0.39, 0.29) is 24.2 Å². The Balaban J connectivity index is 1.55. The van der Waals surface area contributed by atoms with Crippen LogP contribution in [0.5, 0.6) is 11.6 Å². The van der Waals surface area contributed by atoms with Gasteiger partial charge in [-0.05, 0) is 48.0 Å². The molecule has 0 radical (unpaired) electrons. The topological polar surface area (TPSA) is 80.3 Å². The lowest BCUT2D eigenvalue weighted by Crippen LogP contribution is -2.23. The molecule has 3 aromatic rings. The van der Waals surface area contributed by atoms with Crippen molar-refractivity contribution in [3.63, 3.8) is 0 Å². The Kier molecular flexibility index (Phi) is 6.52. The number of hydrogen-bond acceptors (Lipinski definition) is 4. The molecule has 0 aliphatic rings. The fraction of sp³-hybridized carbons (Fsp3) is 0.136. The average molecular weight is 393 g/mol. The lowest BCUT2D eigenvalue weighted by Gasteiger charge is -2.09. The molecule has 2 N–H and O–H groups in total. The highest BCUT2D eigenvalue weighted by Gasteiger charge is 2.08. The second-order valence-corrected chi connectivity index (χ2v) is 6.23. The zero-order chi connectivity index (χ0) is 20.6. The summed E-state index contributed by atoms with van der Waals surface area (Å²) in [5.41, 5.74) is 1.82. The fourth-order valence-electron chi connectivity index (χ4n) is 2.47. The zero-order valence-corrected chi connectivity index (χ0v) is 15.8. The fourth-order valence-corrected chi connectivity index (χ4v) is 2.47. The highest BCUT2D eigenvalue weighted by molar-refractivity contribution is 5.97. The molecule has 0 atom stereocenters.